The summed E-state index contributed by atoms with van der Waals surface area (Å²) in [5, 5.41) is 22.1. The van der Waals surface area contributed by atoms with Crippen LogP contribution in [-0.4, -0.2) is 29.7 Å². The van der Waals surface area contributed by atoms with Crippen LogP contribution in [0.3, 0.4) is 0 Å². The molecule has 24 heavy (non-hydrogen) atoms. The maximum atomic E-state index is 14.3. The summed E-state index contributed by atoms with van der Waals surface area (Å²) in [4.78, 5) is 10.3. The van der Waals surface area contributed by atoms with Crippen molar-refractivity contribution in [2.75, 3.05) is 5.75 Å². The molecular formula is C15H18FN3O4S. The van der Waals surface area contributed by atoms with Gasteiger partial charge in [-0.2, -0.15) is 0 Å². The third-order valence-corrected chi connectivity index (χ3v) is 7.86. The first-order valence-electron chi connectivity index (χ1n) is 7.65. The minimum Gasteiger partial charge on any atom is -0.362 e. The SMILES string of the molecule is C[C@@]1(c2cc([N+](=O)[O-])ccc2F)CS(=O)(=O)C2(CCCC2)C(=N)N1. The van der Waals surface area contributed by atoms with Crippen LogP contribution in [0.2, 0.25) is 0 Å². The fraction of sp³-hybridized carbons (Fsp3) is 0.533. The summed E-state index contributed by atoms with van der Waals surface area (Å²) in [6.45, 7) is 1.46. The number of nitro benzene ring substituents is 1. The van der Waals surface area contributed by atoms with E-state index in [2.05, 4.69) is 5.32 Å². The monoisotopic (exact) mass is 355 g/mol. The zero-order chi connectivity index (χ0) is 17.8. The zero-order valence-corrected chi connectivity index (χ0v) is 14.0. The van der Waals surface area contributed by atoms with E-state index >= 15 is 0 Å². The van der Waals surface area contributed by atoms with Gasteiger partial charge in [0.15, 0.2) is 9.84 Å². The van der Waals surface area contributed by atoms with Gasteiger partial charge in [0.25, 0.3) is 5.69 Å². The van der Waals surface area contributed by atoms with Crippen molar-refractivity contribution in [2.45, 2.75) is 42.9 Å². The molecule has 9 heteroatoms. The molecule has 1 aliphatic heterocycles. The van der Waals surface area contributed by atoms with E-state index < -0.39 is 36.6 Å². The quantitative estimate of drug-likeness (QED) is 0.624. The maximum absolute atomic E-state index is 14.3. The molecule has 1 saturated carbocycles. The summed E-state index contributed by atoms with van der Waals surface area (Å²) in [5.74, 6) is -1.28. The molecule has 0 unspecified atom stereocenters. The number of benzene rings is 1. The van der Waals surface area contributed by atoms with Crippen LogP contribution in [0.15, 0.2) is 18.2 Å². The Hall–Kier alpha value is -2.03. The minimum absolute atomic E-state index is 0.113. The van der Waals surface area contributed by atoms with Gasteiger partial charge in [0, 0.05) is 17.7 Å². The van der Waals surface area contributed by atoms with Gasteiger partial charge in [-0.05, 0) is 25.8 Å². The molecular weight excluding hydrogens is 337 g/mol. The molecule has 1 aromatic rings. The van der Waals surface area contributed by atoms with Crippen LogP contribution < -0.4 is 5.32 Å². The number of non-ortho nitro benzene ring substituents is 1. The summed E-state index contributed by atoms with van der Waals surface area (Å²) in [6, 6.07) is 3.03. The van der Waals surface area contributed by atoms with Crippen molar-refractivity contribution in [1.29, 1.82) is 5.41 Å². The first-order valence-corrected chi connectivity index (χ1v) is 9.30. The van der Waals surface area contributed by atoms with E-state index in [1.54, 1.807) is 0 Å². The van der Waals surface area contributed by atoms with E-state index in [1.807, 2.05) is 0 Å². The fourth-order valence-corrected chi connectivity index (χ4v) is 6.34. The van der Waals surface area contributed by atoms with Gasteiger partial charge in [0.05, 0.1) is 16.2 Å². The predicted octanol–water partition coefficient (Wildman–Crippen LogP) is 2.26. The third-order valence-electron chi connectivity index (χ3n) is 5.10. The summed E-state index contributed by atoms with van der Waals surface area (Å²) < 4.78 is 38.9. The molecule has 2 fully saturated rings. The van der Waals surface area contributed by atoms with Gasteiger partial charge in [-0.25, -0.2) is 12.8 Å². The Morgan fingerprint density at radius 2 is 1.96 bits per heavy atom. The van der Waals surface area contributed by atoms with E-state index in [0.29, 0.717) is 12.8 Å². The predicted molar refractivity (Wildman–Crippen MR) is 86.3 cm³/mol. The highest BCUT2D eigenvalue weighted by Crippen LogP contribution is 2.44. The van der Waals surface area contributed by atoms with Crippen molar-refractivity contribution in [2.24, 2.45) is 0 Å². The van der Waals surface area contributed by atoms with Crippen molar-refractivity contribution in [3.05, 3.63) is 39.7 Å². The number of nitrogens with zero attached hydrogens (tertiary/aromatic N) is 1. The maximum Gasteiger partial charge on any atom is 0.269 e. The van der Waals surface area contributed by atoms with Crippen LogP contribution in [0, 0.1) is 21.3 Å². The van der Waals surface area contributed by atoms with E-state index in [1.165, 1.54) is 6.92 Å². The lowest BCUT2D eigenvalue weighted by molar-refractivity contribution is -0.385. The molecule has 0 radical (unpaired) electrons. The molecule has 7 nitrogen and oxygen atoms in total. The van der Waals surface area contributed by atoms with Gasteiger partial charge in [0.1, 0.15) is 16.4 Å². The number of halogens is 1. The number of nitro groups is 1. The van der Waals surface area contributed by atoms with Crippen LogP contribution in [0.1, 0.15) is 38.2 Å². The fourth-order valence-electron chi connectivity index (χ4n) is 3.80. The Balaban J connectivity index is 2.09. The molecule has 1 aliphatic carbocycles. The second-order valence-corrected chi connectivity index (χ2v) is 9.01. The smallest absolute Gasteiger partial charge is 0.269 e. The molecule has 1 spiro atoms. The number of hydrogen-bond acceptors (Lipinski definition) is 5. The number of hydrogen-bond donors (Lipinski definition) is 2. The lowest BCUT2D eigenvalue weighted by Gasteiger charge is -2.44. The van der Waals surface area contributed by atoms with Gasteiger partial charge < -0.3 is 5.32 Å². The topological polar surface area (TPSA) is 113 Å². The second-order valence-electron chi connectivity index (χ2n) is 6.71. The number of amidine groups is 1. The largest absolute Gasteiger partial charge is 0.362 e. The molecule has 0 amide bonds. The highest BCUT2D eigenvalue weighted by atomic mass is 32.2. The van der Waals surface area contributed by atoms with Crippen molar-refractivity contribution in [3.63, 3.8) is 0 Å². The number of nitrogens with one attached hydrogen (secondary N) is 2. The van der Waals surface area contributed by atoms with Crippen LogP contribution in [-0.2, 0) is 15.4 Å². The second kappa shape index (κ2) is 5.23. The Labute approximate surface area is 138 Å². The van der Waals surface area contributed by atoms with Gasteiger partial charge in [-0.1, -0.05) is 12.8 Å². The van der Waals surface area contributed by atoms with Gasteiger partial charge in [-0.15, -0.1) is 0 Å². The lowest BCUT2D eigenvalue weighted by Crippen LogP contribution is -2.65. The van der Waals surface area contributed by atoms with E-state index in [9.17, 15) is 22.9 Å². The Kier molecular flexibility index (Phi) is 3.67. The van der Waals surface area contributed by atoms with Gasteiger partial charge >= 0.3 is 0 Å². The molecule has 3 rings (SSSR count). The first-order chi connectivity index (χ1) is 11.1. The molecule has 1 saturated heterocycles. The minimum atomic E-state index is -3.70. The van der Waals surface area contributed by atoms with Crippen molar-refractivity contribution in [1.82, 2.24) is 5.32 Å². The van der Waals surface area contributed by atoms with Crippen LogP contribution in [0.4, 0.5) is 10.1 Å². The average molecular weight is 355 g/mol. The van der Waals surface area contributed by atoms with Crippen LogP contribution in [0.25, 0.3) is 0 Å². The van der Waals surface area contributed by atoms with E-state index in [0.717, 1.165) is 31.0 Å². The lowest BCUT2D eigenvalue weighted by atomic mass is 9.90. The number of sulfone groups is 1. The molecule has 1 atom stereocenters. The van der Waals surface area contributed by atoms with Crippen LogP contribution >= 0.6 is 0 Å². The third kappa shape index (κ3) is 2.29. The average Bonchev–Trinajstić information content (AvgIpc) is 2.96. The van der Waals surface area contributed by atoms with E-state index in [-0.39, 0.29) is 17.1 Å². The van der Waals surface area contributed by atoms with Crippen molar-refractivity contribution in [3.8, 4) is 0 Å². The van der Waals surface area contributed by atoms with Crippen LogP contribution in [0.5, 0.6) is 0 Å². The highest BCUT2D eigenvalue weighted by molar-refractivity contribution is 7.93. The van der Waals surface area contributed by atoms with Crippen molar-refractivity contribution < 1.29 is 17.7 Å². The number of rotatable bonds is 2. The Morgan fingerprint density at radius 1 is 1.33 bits per heavy atom. The Bertz CT molecular complexity index is 833. The molecule has 1 heterocycles. The summed E-state index contributed by atoms with van der Waals surface area (Å²) in [6.07, 6.45) is 2.22. The molecule has 2 N–H and O–H groups in total. The molecule has 2 aliphatic rings. The Morgan fingerprint density at radius 3 is 2.50 bits per heavy atom. The zero-order valence-electron chi connectivity index (χ0n) is 13.1. The van der Waals surface area contributed by atoms with Crippen molar-refractivity contribution >= 4 is 21.4 Å². The van der Waals surface area contributed by atoms with Gasteiger partial charge in [-0.3, -0.25) is 15.5 Å². The molecule has 1 aromatic carbocycles. The summed E-state index contributed by atoms with van der Waals surface area (Å²) in [5.41, 5.74) is -1.85. The molecule has 130 valence electrons. The standard InChI is InChI=1S/C15H18FN3O4S/c1-14(11-8-10(19(20)21)4-5-12(11)16)9-24(22,23)15(13(17)18-14)6-2-3-7-15/h4-5,8H,2-3,6-7,9H2,1H3,(H2,17,18)/t14-/m0/s1. The first kappa shape index (κ1) is 16.8. The van der Waals surface area contributed by atoms with Gasteiger partial charge in [0.2, 0.25) is 0 Å². The van der Waals surface area contributed by atoms with E-state index in [4.69, 9.17) is 5.41 Å². The molecule has 0 bridgehead atoms. The normalized spacial score (nSPS) is 27.8. The molecule has 0 aromatic heterocycles. The summed E-state index contributed by atoms with van der Waals surface area (Å²) in [7, 11) is -3.70. The highest BCUT2D eigenvalue weighted by Gasteiger charge is 2.57. The summed E-state index contributed by atoms with van der Waals surface area (Å²) >= 11 is 0.